The highest BCUT2D eigenvalue weighted by Crippen LogP contribution is 2.56. The van der Waals surface area contributed by atoms with Gasteiger partial charge in [-0.2, -0.15) is 0 Å². The zero-order chi connectivity index (χ0) is 41.4. The number of phosphoric ester groups is 3. The van der Waals surface area contributed by atoms with Gasteiger partial charge in [0.1, 0.15) is 36.3 Å². The molecule has 2 aromatic heterocycles. The molecule has 31 heteroatoms. The Labute approximate surface area is 318 Å². The van der Waals surface area contributed by atoms with Gasteiger partial charge in [0, 0.05) is 42.9 Å². The lowest BCUT2D eigenvalue weighted by Crippen LogP contribution is -2.46. The number of anilines is 1. The van der Waals surface area contributed by atoms with Crippen molar-refractivity contribution in [2.45, 2.75) is 57.3 Å². The third-order valence-electron chi connectivity index (χ3n) is 7.22. The Bertz CT molecular complexity index is 1850. The molecule has 312 valence electrons. The van der Waals surface area contributed by atoms with E-state index < -0.39 is 95.6 Å². The number of aromatic nitrogens is 4. The van der Waals surface area contributed by atoms with Gasteiger partial charge < -0.3 is 69.0 Å². The number of nitrogens with one attached hydrogen (secondary N) is 2. The van der Waals surface area contributed by atoms with Gasteiger partial charge in [-0.05, 0) is 0 Å². The van der Waals surface area contributed by atoms with Crippen LogP contribution in [-0.4, -0.2) is 123 Å². The topological polar surface area (TPSA) is 412 Å². The Hall–Kier alpha value is -2.33. The molecule has 0 saturated carbocycles. The van der Waals surface area contributed by atoms with Gasteiger partial charge >= 0.3 is 0 Å². The molecular weight excluding hydrogens is 847 g/mol. The van der Waals surface area contributed by atoms with Crippen LogP contribution in [0, 0.1) is 5.41 Å². The number of carbonyl (C=O) groups is 3. The predicted molar refractivity (Wildman–Crippen MR) is 179 cm³/mol. The Balaban J connectivity index is 1.49. The summed E-state index contributed by atoms with van der Waals surface area (Å²) in [6.07, 6.45) is -7.74. The Morgan fingerprint density at radius 3 is 2.44 bits per heavy atom. The first-order valence-electron chi connectivity index (χ1n) is 15.5. The molecule has 3 rings (SSSR count). The van der Waals surface area contributed by atoms with Crippen molar-refractivity contribution in [1.29, 1.82) is 0 Å². The van der Waals surface area contributed by atoms with Gasteiger partial charge in [-0.1, -0.05) is 36.7 Å². The highest BCUT2D eigenvalue weighted by atomic mass is 32.2. The van der Waals surface area contributed by atoms with Crippen LogP contribution in [0.3, 0.4) is 0 Å². The van der Waals surface area contributed by atoms with Crippen molar-refractivity contribution in [2.75, 3.05) is 43.5 Å². The van der Waals surface area contributed by atoms with Crippen molar-refractivity contribution in [3.05, 3.63) is 12.7 Å². The van der Waals surface area contributed by atoms with Gasteiger partial charge in [-0.15, -0.1) is 0 Å². The fourth-order valence-electron chi connectivity index (χ4n) is 4.52. The minimum absolute atomic E-state index is 0.0172. The average molecular weight is 884 g/mol. The number of amides is 2. The molecule has 0 spiro atoms. The van der Waals surface area contributed by atoms with E-state index in [1.165, 1.54) is 13.8 Å². The molecule has 2 aromatic rings. The molecule has 0 aromatic carbocycles. The number of nitrogens with two attached hydrogens (primary N) is 1. The standard InChI is InChI=1S/C24H40N7O19P3S2/c1-24(2,19(35)22(36)27-5-3-14(32)26-6-7-54-15(33)4-8-55(44)45)10-47-53(42,43)50-52(40,41)46-9-13-18(49-51(37,38)39)17(34)23(48-13)31-12-30-16-20(25)28-11-29-21(16)31/h11-13,17-19,23,34-35H,3-10H2,1-2H3,(H,26,32)(H,27,36)(H,40,41)(H,42,43)(H,44,45)(H2,25,28,29)(H2,37,38,39)/p-4. The lowest BCUT2D eigenvalue weighted by atomic mass is 9.87. The van der Waals surface area contributed by atoms with Crippen LogP contribution in [0.2, 0.25) is 0 Å². The Morgan fingerprint density at radius 2 is 1.78 bits per heavy atom. The molecule has 55 heavy (non-hydrogen) atoms. The maximum absolute atomic E-state index is 12.5. The fourth-order valence-corrected chi connectivity index (χ4v) is 8.42. The summed E-state index contributed by atoms with van der Waals surface area (Å²) in [6.45, 7) is -0.152. The van der Waals surface area contributed by atoms with E-state index in [0.717, 1.165) is 29.0 Å². The Kier molecular flexibility index (Phi) is 17.0. The fraction of sp³-hybridized carbons (Fsp3) is 0.667. The summed E-state index contributed by atoms with van der Waals surface area (Å²) in [7, 11) is -17.4. The number of nitrogen functional groups attached to an aromatic ring is 1. The first kappa shape index (κ1) is 47.0. The van der Waals surface area contributed by atoms with E-state index >= 15 is 0 Å². The first-order valence-corrected chi connectivity index (χ1v) is 22.1. The first-order chi connectivity index (χ1) is 25.4. The highest BCUT2D eigenvalue weighted by molar-refractivity contribution is 8.13. The highest BCUT2D eigenvalue weighted by Gasteiger charge is 2.48. The van der Waals surface area contributed by atoms with E-state index in [0.29, 0.717) is 0 Å². The zero-order valence-corrected chi connectivity index (χ0v) is 32.9. The Morgan fingerprint density at radius 1 is 1.11 bits per heavy atom. The van der Waals surface area contributed by atoms with Crippen LogP contribution in [-0.2, 0) is 61.8 Å². The van der Waals surface area contributed by atoms with Crippen LogP contribution in [0.25, 0.3) is 11.2 Å². The number of fused-ring (bicyclic) bond motifs is 1. The number of phosphoric acid groups is 3. The molecule has 7 N–H and O–H groups in total. The van der Waals surface area contributed by atoms with Crippen molar-refractivity contribution in [1.82, 2.24) is 30.2 Å². The largest absolute Gasteiger partial charge is 0.772 e. The molecule has 0 bridgehead atoms. The molecule has 3 heterocycles. The van der Waals surface area contributed by atoms with E-state index in [-0.39, 0.29) is 59.5 Å². The van der Waals surface area contributed by atoms with Crippen LogP contribution in [0.4, 0.5) is 5.82 Å². The van der Waals surface area contributed by atoms with Crippen molar-refractivity contribution in [3.63, 3.8) is 0 Å². The molecule has 1 aliphatic rings. The van der Waals surface area contributed by atoms with Crippen molar-refractivity contribution < 1.29 is 89.2 Å². The second kappa shape index (κ2) is 19.9. The van der Waals surface area contributed by atoms with Gasteiger partial charge in [0.05, 0.1) is 19.5 Å². The maximum Gasteiger partial charge on any atom is 0.274 e. The summed E-state index contributed by atoms with van der Waals surface area (Å²) < 4.78 is 81.6. The lowest BCUT2D eigenvalue weighted by molar-refractivity contribution is -0.247. The smallest absolute Gasteiger partial charge is 0.274 e. The minimum Gasteiger partial charge on any atom is -0.772 e. The normalized spacial score (nSPS) is 23.3. The molecule has 9 unspecified atom stereocenters. The molecule has 0 aliphatic carbocycles. The maximum atomic E-state index is 12.5. The number of imidazole rings is 1. The SMILES string of the molecule is CC(C)(COP(=O)([O-])OP(=O)([O-])OCC1OC(n2cnc3c(N)ncnc32)C(O)C1OP(=O)([O-])O)C(O)C(=O)NCCC(=O)NCCSC(=O)CCS(=O)[O-]. The number of carbonyl (C=O) groups excluding carboxylic acids is 3. The molecular formula is C24H36N7O19P3S2-4. The lowest BCUT2D eigenvalue weighted by Gasteiger charge is -2.35. The summed E-state index contributed by atoms with van der Waals surface area (Å²) >= 11 is -1.52. The van der Waals surface area contributed by atoms with Gasteiger partial charge in [-0.3, -0.25) is 36.9 Å². The minimum atomic E-state index is -5.91. The molecule has 1 aliphatic heterocycles. The second-order valence-electron chi connectivity index (χ2n) is 12.0. The molecule has 0 radical (unpaired) electrons. The van der Waals surface area contributed by atoms with E-state index in [9.17, 15) is 66.6 Å². The van der Waals surface area contributed by atoms with E-state index in [2.05, 4.69) is 43.5 Å². The number of aliphatic hydroxyl groups is 2. The zero-order valence-electron chi connectivity index (χ0n) is 28.6. The quantitative estimate of drug-likeness (QED) is 0.0373. The number of hydrogen-bond acceptors (Lipinski definition) is 23. The van der Waals surface area contributed by atoms with Crippen LogP contribution in [0.1, 0.15) is 32.9 Å². The monoisotopic (exact) mass is 883 g/mol. The predicted octanol–water partition coefficient (Wildman–Crippen LogP) is -3.96. The summed E-state index contributed by atoms with van der Waals surface area (Å²) in [5, 5.41) is 25.6. The van der Waals surface area contributed by atoms with Crippen molar-refractivity contribution in [2.24, 2.45) is 5.41 Å². The van der Waals surface area contributed by atoms with Crippen LogP contribution >= 0.6 is 35.2 Å². The van der Waals surface area contributed by atoms with Crippen LogP contribution < -0.4 is 31.0 Å². The van der Waals surface area contributed by atoms with Gasteiger partial charge in [0.2, 0.25) is 11.8 Å². The van der Waals surface area contributed by atoms with Crippen molar-refractivity contribution in [3.8, 4) is 0 Å². The molecule has 9 atom stereocenters. The number of nitrogens with zero attached hydrogens (tertiary/aromatic N) is 4. The van der Waals surface area contributed by atoms with E-state index in [1.807, 2.05) is 0 Å². The number of rotatable bonds is 22. The summed E-state index contributed by atoms with van der Waals surface area (Å²) in [5.41, 5.74) is 4.04. The molecule has 2 amide bonds. The summed E-state index contributed by atoms with van der Waals surface area (Å²) in [4.78, 5) is 93.3. The second-order valence-corrected chi connectivity index (χ2v) is 18.3. The van der Waals surface area contributed by atoms with Crippen molar-refractivity contribution >= 4 is 80.2 Å². The average Bonchev–Trinajstić information content (AvgIpc) is 3.63. The summed E-state index contributed by atoms with van der Waals surface area (Å²) in [6, 6.07) is 0. The third-order valence-corrected chi connectivity index (χ3v) is 11.7. The van der Waals surface area contributed by atoms with Crippen LogP contribution in [0.5, 0.6) is 0 Å². The number of thioether (sulfide) groups is 1. The molecule has 26 nitrogen and oxygen atoms in total. The number of ether oxygens (including phenoxy) is 1. The van der Waals surface area contributed by atoms with E-state index in [4.69, 9.17) is 10.5 Å². The molecule has 1 saturated heterocycles. The van der Waals surface area contributed by atoms with Gasteiger partial charge in [0.15, 0.2) is 22.8 Å². The molecule has 1 fully saturated rings. The number of aliphatic hydroxyl groups excluding tert-OH is 2. The third kappa shape index (κ3) is 14.8. The van der Waals surface area contributed by atoms with E-state index in [1.54, 1.807) is 0 Å². The van der Waals surface area contributed by atoms with Gasteiger partial charge in [-0.25, -0.2) is 19.3 Å². The number of hydrogen-bond donors (Lipinski definition) is 6. The van der Waals surface area contributed by atoms with Gasteiger partial charge in [0.25, 0.3) is 23.5 Å². The van der Waals surface area contributed by atoms with Crippen LogP contribution in [0.15, 0.2) is 12.7 Å². The summed E-state index contributed by atoms with van der Waals surface area (Å²) in [5.74, 6) is -1.82.